The fraction of sp³-hybridized carbons (Fsp3) is 0.194. The van der Waals surface area contributed by atoms with E-state index in [0.717, 1.165) is 22.6 Å². The van der Waals surface area contributed by atoms with E-state index < -0.39 is 5.91 Å². The first-order valence-corrected chi connectivity index (χ1v) is 16.2. The number of rotatable bonds is 13. The highest BCUT2D eigenvalue weighted by Crippen LogP contribution is 2.42. The van der Waals surface area contributed by atoms with Gasteiger partial charge in [-0.3, -0.25) is 9.59 Å². The van der Waals surface area contributed by atoms with Gasteiger partial charge in [0.2, 0.25) is 0 Å². The number of hydrogen-bond acceptors (Lipinski definition) is 7. The van der Waals surface area contributed by atoms with Crippen LogP contribution in [0.4, 0.5) is 5.69 Å². The molecule has 12 heteroatoms. The van der Waals surface area contributed by atoms with Gasteiger partial charge in [0.15, 0.2) is 23.9 Å². The highest BCUT2D eigenvalue weighted by Gasteiger charge is 2.19. The zero-order chi connectivity index (χ0) is 34.2. The van der Waals surface area contributed by atoms with Crippen LogP contribution in [-0.2, 0) is 11.4 Å². The zero-order valence-corrected chi connectivity index (χ0v) is 29.1. The molecule has 0 bridgehead atoms. The summed E-state index contributed by atoms with van der Waals surface area (Å²) in [6, 6.07) is 24.2. The van der Waals surface area contributed by atoms with Gasteiger partial charge in [-0.25, -0.2) is 5.43 Å². The molecule has 5 rings (SSSR count). The van der Waals surface area contributed by atoms with Crippen LogP contribution in [-0.4, -0.2) is 35.8 Å². The Morgan fingerprint density at radius 1 is 0.938 bits per heavy atom. The maximum Gasteiger partial charge on any atom is 0.307 e. The molecule has 0 fully saturated rings. The Balaban J connectivity index is 1.16. The molecule has 0 aliphatic heterocycles. The molecule has 2 heterocycles. The number of nitrogens with zero attached hydrogens (tertiary/aromatic N) is 2. The van der Waals surface area contributed by atoms with E-state index in [0.29, 0.717) is 39.6 Å². The van der Waals surface area contributed by atoms with Crippen molar-refractivity contribution in [3.63, 3.8) is 0 Å². The number of hydrogen-bond donors (Lipinski definition) is 2. The van der Waals surface area contributed by atoms with Crippen LogP contribution >= 0.6 is 27.5 Å². The summed E-state index contributed by atoms with van der Waals surface area (Å²) in [5, 5.41) is 7.01. The average Bonchev–Trinajstić information content (AvgIpc) is 3.69. The molecule has 48 heavy (non-hydrogen) atoms. The quantitative estimate of drug-likeness (QED) is 0.0932. The molecule has 0 spiro atoms. The van der Waals surface area contributed by atoms with Crippen molar-refractivity contribution in [2.75, 3.05) is 18.5 Å². The Bertz CT molecular complexity index is 1910. The van der Waals surface area contributed by atoms with Crippen LogP contribution in [0.25, 0.3) is 5.69 Å². The van der Waals surface area contributed by atoms with Gasteiger partial charge in [-0.15, -0.1) is 0 Å². The number of carbonyl (C=O) groups is 2. The van der Waals surface area contributed by atoms with Crippen LogP contribution in [0.15, 0.2) is 92.9 Å². The molecule has 2 N–H and O–H groups in total. The topological polar surface area (TPSA) is 116 Å². The Labute approximate surface area is 291 Å². The first-order valence-electron chi connectivity index (χ1n) is 15.1. The van der Waals surface area contributed by atoms with E-state index in [2.05, 4.69) is 62.3 Å². The molecule has 0 radical (unpaired) electrons. The molecule has 0 saturated heterocycles. The molecule has 0 aliphatic carbocycles. The molecule has 2 aromatic heterocycles. The number of anilines is 1. The van der Waals surface area contributed by atoms with E-state index in [1.807, 2.05) is 62.4 Å². The molecule has 3 aromatic carbocycles. The Morgan fingerprint density at radius 3 is 2.33 bits per heavy atom. The second-order valence-electron chi connectivity index (χ2n) is 10.8. The highest BCUT2D eigenvalue weighted by molar-refractivity contribution is 9.10. The van der Waals surface area contributed by atoms with Gasteiger partial charge >= 0.3 is 5.91 Å². The van der Waals surface area contributed by atoms with Crippen molar-refractivity contribution in [1.29, 1.82) is 0 Å². The number of ether oxygens (including phenoxy) is 3. The first kappa shape index (κ1) is 34.3. The second-order valence-corrected chi connectivity index (χ2v) is 11.9. The lowest BCUT2D eigenvalue weighted by molar-refractivity contribution is -0.118. The van der Waals surface area contributed by atoms with E-state index in [1.54, 1.807) is 18.2 Å². The molecule has 5 aromatic rings. The van der Waals surface area contributed by atoms with Gasteiger partial charge in [-0.1, -0.05) is 29.3 Å². The summed E-state index contributed by atoms with van der Waals surface area (Å²) in [7, 11) is 0. The van der Waals surface area contributed by atoms with Crippen molar-refractivity contribution in [3.05, 3.63) is 122 Å². The normalized spacial score (nSPS) is 11.0. The van der Waals surface area contributed by atoms with Gasteiger partial charge in [0, 0.05) is 32.8 Å². The standard InChI is InChI=1S/C36H34BrClN4O6/c1-5-45-31-18-25(33(37)34(38)35(31)47-21-32(43)40-26-10-6-22(2)7-11-26)19-39-41-36(44)30-17-16-29(48-30)20-46-28-14-12-27(13-15-28)42-23(3)8-9-24(42)4/h6-19H,5,20-21H2,1-4H3,(H,40,43)(H,41,44)/b39-19+. The minimum absolute atomic E-state index is 0.0689. The van der Waals surface area contributed by atoms with Crippen molar-refractivity contribution in [2.24, 2.45) is 5.10 Å². The summed E-state index contributed by atoms with van der Waals surface area (Å²) in [4.78, 5) is 25.2. The number of furan rings is 1. The fourth-order valence-corrected chi connectivity index (χ4v) is 5.44. The third kappa shape index (κ3) is 8.47. The van der Waals surface area contributed by atoms with Crippen molar-refractivity contribution in [1.82, 2.24) is 9.99 Å². The molecule has 0 aliphatic rings. The lowest BCUT2D eigenvalue weighted by atomic mass is 10.2. The monoisotopic (exact) mass is 732 g/mol. The minimum atomic E-state index is -0.550. The molecule has 0 atom stereocenters. The number of aromatic nitrogens is 1. The number of carbonyl (C=O) groups excluding carboxylic acids is 2. The van der Waals surface area contributed by atoms with E-state index >= 15 is 0 Å². The van der Waals surface area contributed by atoms with Gasteiger partial charge in [0.1, 0.15) is 23.1 Å². The zero-order valence-electron chi connectivity index (χ0n) is 26.8. The number of halogens is 2. The van der Waals surface area contributed by atoms with Crippen molar-refractivity contribution in [3.8, 4) is 22.9 Å². The maximum atomic E-state index is 12.7. The summed E-state index contributed by atoms with van der Waals surface area (Å²) < 4.78 is 25.6. The summed E-state index contributed by atoms with van der Waals surface area (Å²) in [6.45, 7) is 8.07. The molecular formula is C36H34BrClN4O6. The molecule has 10 nitrogen and oxygen atoms in total. The number of aryl methyl sites for hydroxylation is 3. The maximum absolute atomic E-state index is 12.7. The summed E-state index contributed by atoms with van der Waals surface area (Å²) in [6.07, 6.45) is 1.40. The summed E-state index contributed by atoms with van der Waals surface area (Å²) in [5.41, 5.74) is 8.03. The van der Waals surface area contributed by atoms with Crippen LogP contribution in [0.1, 0.15) is 45.8 Å². The highest BCUT2D eigenvalue weighted by atomic mass is 79.9. The average molecular weight is 734 g/mol. The second kappa shape index (κ2) is 15.7. The van der Waals surface area contributed by atoms with Gasteiger partial charge in [-0.2, -0.15) is 5.10 Å². The van der Waals surface area contributed by atoms with Gasteiger partial charge in [-0.05, 0) is 110 Å². The molecular weight excluding hydrogens is 700 g/mol. The summed E-state index contributed by atoms with van der Waals surface area (Å²) in [5.74, 6) is 0.808. The fourth-order valence-electron chi connectivity index (χ4n) is 4.78. The van der Waals surface area contributed by atoms with E-state index in [-0.39, 0.29) is 35.7 Å². The number of amides is 2. The smallest absolute Gasteiger partial charge is 0.307 e. The van der Waals surface area contributed by atoms with E-state index in [1.165, 1.54) is 6.21 Å². The Hall–Kier alpha value is -5.00. The van der Waals surface area contributed by atoms with Crippen LogP contribution in [0.5, 0.6) is 17.2 Å². The third-order valence-electron chi connectivity index (χ3n) is 7.14. The molecule has 2 amide bonds. The SMILES string of the molecule is CCOc1cc(/C=N/NC(=O)c2ccc(COc3ccc(-n4c(C)ccc4C)cc3)o2)c(Br)c(Cl)c1OCC(=O)Nc1ccc(C)cc1. The third-order valence-corrected chi connectivity index (χ3v) is 8.58. The van der Waals surface area contributed by atoms with E-state index in [4.69, 9.17) is 30.2 Å². The van der Waals surface area contributed by atoms with Crippen LogP contribution in [0, 0.1) is 20.8 Å². The summed E-state index contributed by atoms with van der Waals surface area (Å²) >= 11 is 10.0. The van der Waals surface area contributed by atoms with Crippen molar-refractivity contribution < 1.29 is 28.2 Å². The number of hydrazone groups is 1. The Morgan fingerprint density at radius 2 is 1.65 bits per heavy atom. The number of nitrogens with one attached hydrogen (secondary N) is 2. The van der Waals surface area contributed by atoms with Crippen LogP contribution < -0.4 is 25.0 Å². The van der Waals surface area contributed by atoms with Crippen LogP contribution in [0.2, 0.25) is 5.02 Å². The molecule has 248 valence electrons. The van der Waals surface area contributed by atoms with Gasteiger partial charge in [0.05, 0.1) is 12.8 Å². The predicted molar refractivity (Wildman–Crippen MR) is 189 cm³/mol. The Kier molecular flexibility index (Phi) is 11.3. The van der Waals surface area contributed by atoms with E-state index in [9.17, 15) is 9.59 Å². The first-order chi connectivity index (χ1) is 23.1. The van der Waals surface area contributed by atoms with Crippen molar-refractivity contribution in [2.45, 2.75) is 34.3 Å². The van der Waals surface area contributed by atoms with Crippen molar-refractivity contribution >= 4 is 51.2 Å². The predicted octanol–water partition coefficient (Wildman–Crippen LogP) is 8.17. The van der Waals surface area contributed by atoms with Gasteiger partial charge < -0.3 is 28.5 Å². The van der Waals surface area contributed by atoms with Gasteiger partial charge in [0.25, 0.3) is 5.91 Å². The largest absolute Gasteiger partial charge is 0.490 e. The lowest BCUT2D eigenvalue weighted by Gasteiger charge is -2.16. The van der Waals surface area contributed by atoms with Crippen LogP contribution in [0.3, 0.4) is 0 Å². The number of benzene rings is 3. The minimum Gasteiger partial charge on any atom is -0.490 e. The lowest BCUT2D eigenvalue weighted by Crippen LogP contribution is -2.20. The molecule has 0 saturated carbocycles. The molecule has 0 unspecified atom stereocenters.